The molecule has 28 heavy (non-hydrogen) atoms. The summed E-state index contributed by atoms with van der Waals surface area (Å²) in [6.07, 6.45) is 3.40. The van der Waals surface area contributed by atoms with Gasteiger partial charge in [-0.2, -0.15) is 0 Å². The Labute approximate surface area is 161 Å². The number of hydrogen-bond donors (Lipinski definition) is 1. The van der Waals surface area contributed by atoms with E-state index in [9.17, 15) is 4.79 Å². The largest absolute Gasteiger partial charge is 0.490 e. The van der Waals surface area contributed by atoms with E-state index in [0.717, 1.165) is 17.0 Å². The molecule has 4 rings (SSSR count). The maximum atomic E-state index is 11.3. The number of nitrogens with two attached hydrogens (primary N) is 1. The number of nitrogens with zero attached hydrogens (tertiary/aromatic N) is 3. The third kappa shape index (κ3) is 3.78. The molecule has 4 aromatic rings. The van der Waals surface area contributed by atoms with Gasteiger partial charge in [-0.05, 0) is 48.5 Å². The number of primary amides is 1. The lowest BCUT2D eigenvalue weighted by molar-refractivity contribution is 0.100. The first-order chi connectivity index (χ1) is 13.7. The number of rotatable bonds is 7. The second-order valence-corrected chi connectivity index (χ2v) is 6.04. The van der Waals surface area contributed by atoms with E-state index >= 15 is 0 Å². The van der Waals surface area contributed by atoms with E-state index in [4.69, 9.17) is 15.2 Å². The predicted molar refractivity (Wildman–Crippen MR) is 105 cm³/mol. The first-order valence-corrected chi connectivity index (χ1v) is 8.75. The van der Waals surface area contributed by atoms with Crippen molar-refractivity contribution in [2.45, 2.75) is 0 Å². The standard InChI is InChI=1S/C21H18N4O3/c22-21(26)15-4-9-19-18(13-15)24-14-25(19)16-5-7-17(8-6-16)27-11-12-28-20-3-1-2-10-23-20/h1-10,13-14H,11-12H2,(H2,22,26). The molecular weight excluding hydrogens is 356 g/mol. The van der Waals surface area contributed by atoms with Crippen molar-refractivity contribution in [1.29, 1.82) is 0 Å². The second kappa shape index (κ2) is 7.79. The van der Waals surface area contributed by atoms with Gasteiger partial charge >= 0.3 is 0 Å². The van der Waals surface area contributed by atoms with Gasteiger partial charge in [-0.1, -0.05) is 6.07 Å². The number of carbonyl (C=O) groups excluding carboxylic acids is 1. The van der Waals surface area contributed by atoms with Gasteiger partial charge < -0.3 is 15.2 Å². The lowest BCUT2D eigenvalue weighted by Gasteiger charge is -2.09. The first-order valence-electron chi connectivity index (χ1n) is 8.75. The summed E-state index contributed by atoms with van der Waals surface area (Å²) in [5, 5.41) is 0. The number of hydrogen-bond acceptors (Lipinski definition) is 5. The Hall–Kier alpha value is -3.87. The minimum absolute atomic E-state index is 0.410. The number of fused-ring (bicyclic) bond motifs is 1. The van der Waals surface area contributed by atoms with Gasteiger partial charge in [0.1, 0.15) is 25.3 Å². The summed E-state index contributed by atoms with van der Waals surface area (Å²) < 4.78 is 13.1. The zero-order valence-electron chi connectivity index (χ0n) is 15.0. The normalized spacial score (nSPS) is 10.7. The van der Waals surface area contributed by atoms with Crippen LogP contribution in [-0.4, -0.2) is 33.7 Å². The van der Waals surface area contributed by atoms with Crippen molar-refractivity contribution in [2.24, 2.45) is 5.73 Å². The molecule has 7 heteroatoms. The zero-order valence-corrected chi connectivity index (χ0v) is 15.0. The quantitative estimate of drug-likeness (QED) is 0.502. The minimum Gasteiger partial charge on any atom is -0.490 e. The fourth-order valence-electron chi connectivity index (χ4n) is 2.81. The molecule has 0 fully saturated rings. The smallest absolute Gasteiger partial charge is 0.248 e. The van der Waals surface area contributed by atoms with Gasteiger partial charge in [0.25, 0.3) is 0 Å². The predicted octanol–water partition coefficient (Wildman–Crippen LogP) is 2.98. The number of pyridine rings is 1. The van der Waals surface area contributed by atoms with E-state index in [1.165, 1.54) is 0 Å². The summed E-state index contributed by atoms with van der Waals surface area (Å²) in [4.78, 5) is 19.8. The Morgan fingerprint density at radius 2 is 1.79 bits per heavy atom. The van der Waals surface area contributed by atoms with Gasteiger partial charge in [0.15, 0.2) is 0 Å². The SMILES string of the molecule is NC(=O)c1ccc2c(c1)ncn2-c1ccc(OCCOc2ccccn2)cc1. The number of imidazole rings is 1. The van der Waals surface area contributed by atoms with Gasteiger partial charge in [-0.25, -0.2) is 9.97 Å². The highest BCUT2D eigenvalue weighted by molar-refractivity contribution is 5.96. The summed E-state index contributed by atoms with van der Waals surface area (Å²) >= 11 is 0. The molecule has 7 nitrogen and oxygen atoms in total. The molecule has 140 valence electrons. The number of aromatic nitrogens is 3. The van der Waals surface area contributed by atoms with Crippen molar-refractivity contribution >= 4 is 16.9 Å². The molecule has 0 saturated carbocycles. The lowest BCUT2D eigenvalue weighted by Crippen LogP contribution is -2.10. The highest BCUT2D eigenvalue weighted by atomic mass is 16.5. The van der Waals surface area contributed by atoms with Crippen LogP contribution in [0.3, 0.4) is 0 Å². The minimum atomic E-state index is -0.468. The number of ether oxygens (including phenoxy) is 2. The van der Waals surface area contributed by atoms with Gasteiger partial charge in [0.05, 0.1) is 11.0 Å². The molecule has 0 radical (unpaired) electrons. The molecule has 0 spiro atoms. The molecule has 2 aromatic heterocycles. The van der Waals surface area contributed by atoms with Crippen molar-refractivity contribution in [2.75, 3.05) is 13.2 Å². The number of carbonyl (C=O) groups is 1. The molecule has 2 N–H and O–H groups in total. The maximum Gasteiger partial charge on any atom is 0.248 e. The molecule has 0 unspecified atom stereocenters. The molecule has 2 aromatic carbocycles. The van der Waals surface area contributed by atoms with Crippen LogP contribution in [-0.2, 0) is 0 Å². The lowest BCUT2D eigenvalue weighted by atomic mass is 10.2. The van der Waals surface area contributed by atoms with Crippen LogP contribution < -0.4 is 15.2 Å². The molecule has 0 atom stereocenters. The summed E-state index contributed by atoms with van der Waals surface area (Å²) in [7, 11) is 0. The van der Waals surface area contributed by atoms with Crippen LogP contribution in [0.1, 0.15) is 10.4 Å². The van der Waals surface area contributed by atoms with Crippen LogP contribution in [0.2, 0.25) is 0 Å². The van der Waals surface area contributed by atoms with Crippen LogP contribution >= 0.6 is 0 Å². The van der Waals surface area contributed by atoms with Gasteiger partial charge in [-0.3, -0.25) is 9.36 Å². The fourth-order valence-corrected chi connectivity index (χ4v) is 2.81. The van der Waals surface area contributed by atoms with Gasteiger partial charge in [-0.15, -0.1) is 0 Å². The first kappa shape index (κ1) is 17.5. The van der Waals surface area contributed by atoms with Crippen LogP contribution in [0.15, 0.2) is 73.2 Å². The summed E-state index contributed by atoms with van der Waals surface area (Å²) in [5.41, 5.74) is 8.30. The van der Waals surface area contributed by atoms with Crippen molar-refractivity contribution in [3.8, 4) is 17.3 Å². The van der Waals surface area contributed by atoms with Crippen LogP contribution in [0, 0.1) is 0 Å². The Morgan fingerprint density at radius 3 is 2.54 bits per heavy atom. The highest BCUT2D eigenvalue weighted by Crippen LogP contribution is 2.21. The Balaban J connectivity index is 1.40. The maximum absolute atomic E-state index is 11.3. The third-order valence-corrected chi connectivity index (χ3v) is 4.19. The van der Waals surface area contributed by atoms with Crippen LogP contribution in [0.4, 0.5) is 0 Å². The third-order valence-electron chi connectivity index (χ3n) is 4.19. The second-order valence-electron chi connectivity index (χ2n) is 6.04. The Bertz CT molecular complexity index is 1090. The molecule has 0 bridgehead atoms. The number of amides is 1. The molecule has 0 aliphatic heterocycles. The Morgan fingerprint density at radius 1 is 0.964 bits per heavy atom. The summed E-state index contributed by atoms with van der Waals surface area (Å²) in [5.74, 6) is 0.853. The molecule has 0 saturated heterocycles. The number of benzene rings is 2. The topological polar surface area (TPSA) is 92.3 Å². The monoisotopic (exact) mass is 374 g/mol. The summed E-state index contributed by atoms with van der Waals surface area (Å²) in [6.45, 7) is 0.826. The van der Waals surface area contributed by atoms with Crippen molar-refractivity contribution in [3.05, 3.63) is 78.8 Å². The molecule has 1 amide bonds. The fraction of sp³-hybridized carbons (Fsp3) is 0.0952. The summed E-state index contributed by atoms with van der Waals surface area (Å²) in [6, 6.07) is 18.4. The van der Waals surface area contributed by atoms with Crippen molar-refractivity contribution in [1.82, 2.24) is 14.5 Å². The molecule has 0 aliphatic rings. The van der Waals surface area contributed by atoms with E-state index in [-0.39, 0.29) is 0 Å². The molecule has 2 heterocycles. The average molecular weight is 374 g/mol. The Kier molecular flexibility index (Phi) is 4.88. The average Bonchev–Trinajstić information content (AvgIpc) is 3.16. The van der Waals surface area contributed by atoms with E-state index < -0.39 is 5.91 Å². The van der Waals surface area contributed by atoms with Crippen LogP contribution in [0.25, 0.3) is 16.7 Å². The highest BCUT2D eigenvalue weighted by Gasteiger charge is 2.08. The van der Waals surface area contributed by atoms with Gasteiger partial charge in [0, 0.05) is 23.5 Å². The van der Waals surface area contributed by atoms with E-state index in [2.05, 4.69) is 9.97 Å². The van der Waals surface area contributed by atoms with Gasteiger partial charge in [0.2, 0.25) is 11.8 Å². The van der Waals surface area contributed by atoms with Crippen LogP contribution in [0.5, 0.6) is 11.6 Å². The van der Waals surface area contributed by atoms with Crippen molar-refractivity contribution < 1.29 is 14.3 Å². The van der Waals surface area contributed by atoms with Crippen molar-refractivity contribution in [3.63, 3.8) is 0 Å². The zero-order chi connectivity index (χ0) is 19.3. The molecular formula is C21H18N4O3. The van der Waals surface area contributed by atoms with E-state index in [1.807, 2.05) is 47.0 Å². The molecule has 0 aliphatic carbocycles. The van der Waals surface area contributed by atoms with E-state index in [0.29, 0.717) is 30.2 Å². The van der Waals surface area contributed by atoms with E-state index in [1.54, 1.807) is 30.7 Å².